The first-order valence-corrected chi connectivity index (χ1v) is 5.27. The molecule has 1 aromatic carbocycles. The molecule has 19 heavy (non-hydrogen) atoms. The molecule has 0 heterocycles. The Balaban J connectivity index is 2.94. The normalized spacial score (nSPS) is 12.1. The Kier molecular flexibility index (Phi) is 3.88. The van der Waals surface area contributed by atoms with Crippen LogP contribution in [0, 0.1) is 0 Å². The van der Waals surface area contributed by atoms with Gasteiger partial charge < -0.3 is 10.4 Å². The Morgan fingerprint density at radius 1 is 1.11 bits per heavy atom. The zero-order chi connectivity index (χ0) is 14.8. The summed E-state index contributed by atoms with van der Waals surface area (Å²) in [7, 11) is 0. The number of hydrogen-bond acceptors (Lipinski definition) is 2. The van der Waals surface area contributed by atoms with E-state index >= 15 is 0 Å². The Labute approximate surface area is 107 Å². The van der Waals surface area contributed by atoms with E-state index in [4.69, 9.17) is 5.11 Å². The number of amides is 1. The smallest absolute Gasteiger partial charge is 0.471 e. The van der Waals surface area contributed by atoms with Crippen LogP contribution < -0.4 is 5.32 Å². The summed E-state index contributed by atoms with van der Waals surface area (Å²) in [6, 6.07) is 5.25. The fraction of sp³-hybridized carbons (Fsp3) is 0.333. The molecule has 0 spiro atoms. The van der Waals surface area contributed by atoms with Crippen molar-refractivity contribution in [3.05, 3.63) is 35.4 Å². The van der Waals surface area contributed by atoms with Gasteiger partial charge in [0, 0.05) is 0 Å². The Morgan fingerprint density at radius 3 is 1.95 bits per heavy atom. The molecule has 0 atom stereocenters. The number of halogens is 3. The van der Waals surface area contributed by atoms with Gasteiger partial charge in [0.05, 0.1) is 11.1 Å². The van der Waals surface area contributed by atoms with Crippen molar-refractivity contribution in [3.63, 3.8) is 0 Å². The molecule has 0 radical (unpaired) electrons. The van der Waals surface area contributed by atoms with Crippen molar-refractivity contribution < 1.29 is 27.9 Å². The van der Waals surface area contributed by atoms with Crippen LogP contribution in [0.1, 0.15) is 29.8 Å². The lowest BCUT2D eigenvalue weighted by Crippen LogP contribution is -2.47. The number of carboxylic acids is 1. The first-order valence-electron chi connectivity index (χ1n) is 5.27. The topological polar surface area (TPSA) is 66.4 Å². The Bertz CT molecular complexity index is 492. The minimum Gasteiger partial charge on any atom is -0.478 e. The molecule has 0 aromatic heterocycles. The van der Waals surface area contributed by atoms with Crippen molar-refractivity contribution in [2.75, 3.05) is 0 Å². The van der Waals surface area contributed by atoms with Gasteiger partial charge in [0.1, 0.15) is 0 Å². The SMILES string of the molecule is CC(C)(NC(=O)C(F)(F)F)c1ccc(C(=O)O)cc1. The van der Waals surface area contributed by atoms with Gasteiger partial charge in [0.15, 0.2) is 0 Å². The summed E-state index contributed by atoms with van der Waals surface area (Å²) < 4.78 is 36.5. The third-order valence-electron chi connectivity index (χ3n) is 2.54. The summed E-state index contributed by atoms with van der Waals surface area (Å²) >= 11 is 0. The first kappa shape index (κ1) is 15.0. The lowest BCUT2D eigenvalue weighted by molar-refractivity contribution is -0.175. The summed E-state index contributed by atoms with van der Waals surface area (Å²) in [5.74, 6) is -3.18. The van der Waals surface area contributed by atoms with E-state index in [1.165, 1.54) is 38.1 Å². The van der Waals surface area contributed by atoms with Gasteiger partial charge >= 0.3 is 18.1 Å². The molecule has 7 heteroatoms. The van der Waals surface area contributed by atoms with E-state index in [0.29, 0.717) is 5.56 Å². The molecule has 1 rings (SSSR count). The van der Waals surface area contributed by atoms with Crippen molar-refractivity contribution in [1.29, 1.82) is 0 Å². The second-order valence-corrected chi connectivity index (χ2v) is 4.46. The summed E-state index contributed by atoms with van der Waals surface area (Å²) in [6.07, 6.45) is -4.96. The fourth-order valence-corrected chi connectivity index (χ4v) is 1.46. The van der Waals surface area contributed by atoms with Crippen LogP contribution in [-0.4, -0.2) is 23.2 Å². The lowest BCUT2D eigenvalue weighted by atomic mass is 9.93. The number of hydrogen-bond donors (Lipinski definition) is 2. The van der Waals surface area contributed by atoms with Crippen LogP contribution in [0.25, 0.3) is 0 Å². The van der Waals surface area contributed by atoms with Gasteiger partial charge in [-0.15, -0.1) is 0 Å². The summed E-state index contributed by atoms with van der Waals surface area (Å²) in [4.78, 5) is 21.6. The average molecular weight is 275 g/mol. The molecule has 0 saturated carbocycles. The second-order valence-electron chi connectivity index (χ2n) is 4.46. The highest BCUT2D eigenvalue weighted by Crippen LogP contribution is 2.23. The summed E-state index contributed by atoms with van der Waals surface area (Å²) in [5, 5.41) is 10.6. The minimum atomic E-state index is -4.96. The van der Waals surface area contributed by atoms with E-state index < -0.39 is 23.6 Å². The second kappa shape index (κ2) is 4.91. The highest BCUT2D eigenvalue weighted by Gasteiger charge is 2.41. The summed E-state index contributed by atoms with van der Waals surface area (Å²) in [5.41, 5.74) is -0.874. The molecule has 2 N–H and O–H groups in total. The van der Waals surface area contributed by atoms with Crippen LogP contribution in [0.2, 0.25) is 0 Å². The van der Waals surface area contributed by atoms with Gasteiger partial charge in [0.25, 0.3) is 0 Å². The van der Waals surface area contributed by atoms with Crippen LogP contribution >= 0.6 is 0 Å². The number of rotatable bonds is 3. The highest BCUT2D eigenvalue weighted by atomic mass is 19.4. The zero-order valence-electron chi connectivity index (χ0n) is 10.2. The maximum absolute atomic E-state index is 12.2. The fourth-order valence-electron chi connectivity index (χ4n) is 1.46. The predicted molar refractivity (Wildman–Crippen MR) is 60.6 cm³/mol. The molecule has 0 unspecified atom stereocenters. The summed E-state index contributed by atoms with van der Waals surface area (Å²) in [6.45, 7) is 2.79. The zero-order valence-corrected chi connectivity index (χ0v) is 10.2. The number of carbonyl (C=O) groups is 2. The minimum absolute atomic E-state index is 0.0155. The number of benzene rings is 1. The highest BCUT2D eigenvalue weighted by molar-refractivity contribution is 5.87. The first-order chi connectivity index (χ1) is 8.54. The molecular weight excluding hydrogens is 263 g/mol. The quantitative estimate of drug-likeness (QED) is 0.889. The molecule has 0 aliphatic carbocycles. The number of aromatic carboxylic acids is 1. The van der Waals surface area contributed by atoms with E-state index in [0.717, 1.165) is 0 Å². The number of nitrogens with one attached hydrogen (secondary N) is 1. The molecule has 1 amide bonds. The average Bonchev–Trinajstić information content (AvgIpc) is 2.27. The Hall–Kier alpha value is -2.05. The Morgan fingerprint density at radius 2 is 1.58 bits per heavy atom. The van der Waals surface area contributed by atoms with Gasteiger partial charge in [0.2, 0.25) is 0 Å². The van der Waals surface area contributed by atoms with Gasteiger partial charge in [-0.05, 0) is 31.5 Å². The van der Waals surface area contributed by atoms with Crippen LogP contribution in [-0.2, 0) is 10.3 Å². The van der Waals surface area contributed by atoms with Gasteiger partial charge in [-0.1, -0.05) is 12.1 Å². The van der Waals surface area contributed by atoms with E-state index in [2.05, 4.69) is 0 Å². The number of carbonyl (C=O) groups excluding carboxylic acids is 1. The molecule has 0 saturated heterocycles. The van der Waals surface area contributed by atoms with Gasteiger partial charge in [-0.2, -0.15) is 13.2 Å². The van der Waals surface area contributed by atoms with Gasteiger partial charge in [-0.25, -0.2) is 4.79 Å². The molecule has 104 valence electrons. The molecular formula is C12H12F3NO3. The van der Waals surface area contributed by atoms with E-state index in [1.807, 2.05) is 5.32 Å². The maximum atomic E-state index is 12.2. The van der Waals surface area contributed by atoms with Crippen LogP contribution in [0.5, 0.6) is 0 Å². The van der Waals surface area contributed by atoms with Gasteiger partial charge in [-0.3, -0.25) is 4.79 Å². The number of alkyl halides is 3. The van der Waals surface area contributed by atoms with E-state index in [1.54, 1.807) is 0 Å². The monoisotopic (exact) mass is 275 g/mol. The van der Waals surface area contributed by atoms with E-state index in [-0.39, 0.29) is 5.56 Å². The molecule has 0 fully saturated rings. The van der Waals surface area contributed by atoms with E-state index in [9.17, 15) is 22.8 Å². The largest absolute Gasteiger partial charge is 0.478 e. The lowest BCUT2D eigenvalue weighted by Gasteiger charge is -2.27. The molecule has 1 aromatic rings. The maximum Gasteiger partial charge on any atom is 0.471 e. The molecule has 0 aliphatic rings. The van der Waals surface area contributed by atoms with Crippen LogP contribution in [0.4, 0.5) is 13.2 Å². The molecule has 0 bridgehead atoms. The third-order valence-corrected chi connectivity index (χ3v) is 2.54. The van der Waals surface area contributed by atoms with Crippen molar-refractivity contribution in [3.8, 4) is 0 Å². The third kappa shape index (κ3) is 3.70. The standard InChI is InChI=1S/C12H12F3NO3/c1-11(2,16-10(19)12(13,14)15)8-5-3-7(4-6-8)9(17)18/h3-6H,1-2H3,(H,16,19)(H,17,18). The van der Waals surface area contributed by atoms with Crippen molar-refractivity contribution in [2.45, 2.75) is 25.6 Å². The van der Waals surface area contributed by atoms with Crippen LogP contribution in [0.3, 0.4) is 0 Å². The van der Waals surface area contributed by atoms with Crippen molar-refractivity contribution >= 4 is 11.9 Å². The molecule has 0 aliphatic heterocycles. The number of carboxylic acid groups (broad SMARTS) is 1. The van der Waals surface area contributed by atoms with Crippen LogP contribution in [0.15, 0.2) is 24.3 Å². The van der Waals surface area contributed by atoms with Crippen molar-refractivity contribution in [1.82, 2.24) is 5.32 Å². The predicted octanol–water partition coefficient (Wildman–Crippen LogP) is 2.30. The van der Waals surface area contributed by atoms with Crippen molar-refractivity contribution in [2.24, 2.45) is 0 Å². The molecule has 4 nitrogen and oxygen atoms in total.